The van der Waals surface area contributed by atoms with Gasteiger partial charge in [-0.25, -0.2) is 9.97 Å². The van der Waals surface area contributed by atoms with Crippen LogP contribution in [0.4, 0.5) is 8.78 Å². The van der Waals surface area contributed by atoms with Gasteiger partial charge in [0.15, 0.2) is 0 Å². The highest BCUT2D eigenvalue weighted by atomic mass is 19.2. The molecule has 1 aromatic heterocycles. The first kappa shape index (κ1) is 15.1. The van der Waals surface area contributed by atoms with Crippen molar-refractivity contribution in [2.75, 3.05) is 0 Å². The number of rotatable bonds is 0. The number of hydrogen-bond donors (Lipinski definition) is 0. The summed E-state index contributed by atoms with van der Waals surface area (Å²) in [4.78, 5) is 7.74. The van der Waals surface area contributed by atoms with Crippen molar-refractivity contribution in [1.29, 1.82) is 0 Å². The molecule has 26 heavy (non-hydrogen) atoms. The van der Waals surface area contributed by atoms with E-state index in [0.717, 1.165) is 43.4 Å². The molecule has 0 aliphatic heterocycles. The molecule has 0 radical (unpaired) electrons. The standard InChI is InChI=1S/C22H14F2N2/c1-11-17-15-9-5-3-7-13(15)14-8-4-6-10-16(14)18(17)12(2)20-19(11)25-21(23)22(24)26-20/h3-10H,1-2H3. The largest absolute Gasteiger partial charge is 0.269 e. The maximum absolute atomic E-state index is 13.8. The van der Waals surface area contributed by atoms with E-state index in [4.69, 9.17) is 0 Å². The van der Waals surface area contributed by atoms with Crippen molar-refractivity contribution in [2.24, 2.45) is 0 Å². The van der Waals surface area contributed by atoms with E-state index in [1.165, 1.54) is 0 Å². The molecule has 0 saturated carbocycles. The molecular formula is C22H14F2N2. The van der Waals surface area contributed by atoms with Gasteiger partial charge in [-0.05, 0) is 57.3 Å². The minimum absolute atomic E-state index is 0.411. The molecule has 2 nitrogen and oxygen atoms in total. The highest BCUT2D eigenvalue weighted by Gasteiger charge is 2.19. The number of benzene rings is 4. The zero-order chi connectivity index (χ0) is 18.0. The van der Waals surface area contributed by atoms with Gasteiger partial charge in [-0.1, -0.05) is 48.5 Å². The summed E-state index contributed by atoms with van der Waals surface area (Å²) in [5, 5.41) is 6.46. The van der Waals surface area contributed by atoms with Crippen molar-refractivity contribution in [1.82, 2.24) is 9.97 Å². The van der Waals surface area contributed by atoms with Gasteiger partial charge in [0.1, 0.15) is 0 Å². The SMILES string of the molecule is Cc1c2nc(F)c(F)nc2c(C)c2c3ccccc3c3ccccc3c12. The predicted octanol–water partition coefficient (Wildman–Crippen LogP) is 5.98. The van der Waals surface area contributed by atoms with Crippen molar-refractivity contribution in [3.8, 4) is 0 Å². The fraction of sp³-hybridized carbons (Fsp3) is 0.0909. The second kappa shape index (κ2) is 5.18. The van der Waals surface area contributed by atoms with Gasteiger partial charge in [0.25, 0.3) is 11.9 Å². The molecule has 0 bridgehead atoms. The first-order chi connectivity index (χ1) is 12.6. The molecule has 5 rings (SSSR count). The maximum Gasteiger partial charge on any atom is 0.269 e. The smallest absolute Gasteiger partial charge is 0.214 e. The van der Waals surface area contributed by atoms with Gasteiger partial charge in [0, 0.05) is 0 Å². The van der Waals surface area contributed by atoms with Crippen LogP contribution in [0, 0.1) is 25.7 Å². The molecular weight excluding hydrogens is 330 g/mol. The summed E-state index contributed by atoms with van der Waals surface area (Å²) < 4.78 is 27.6. The van der Waals surface area contributed by atoms with Crippen LogP contribution in [0.3, 0.4) is 0 Å². The zero-order valence-corrected chi connectivity index (χ0v) is 14.3. The van der Waals surface area contributed by atoms with Crippen LogP contribution in [0.25, 0.3) is 43.4 Å². The molecule has 0 saturated heterocycles. The number of nitrogens with zero attached hydrogens (tertiary/aromatic N) is 2. The third-order valence-corrected chi connectivity index (χ3v) is 5.21. The number of hydrogen-bond acceptors (Lipinski definition) is 2. The molecule has 1 heterocycles. The molecule has 0 spiro atoms. The fourth-order valence-electron chi connectivity index (χ4n) is 4.07. The third-order valence-electron chi connectivity index (χ3n) is 5.21. The van der Waals surface area contributed by atoms with Gasteiger partial charge in [-0.2, -0.15) is 8.78 Å². The lowest BCUT2D eigenvalue weighted by atomic mass is 9.89. The van der Waals surface area contributed by atoms with Crippen LogP contribution in [0.5, 0.6) is 0 Å². The average Bonchev–Trinajstić information content (AvgIpc) is 2.67. The Morgan fingerprint density at radius 1 is 0.577 bits per heavy atom. The molecule has 4 heteroatoms. The number of aromatic nitrogens is 2. The summed E-state index contributed by atoms with van der Waals surface area (Å²) in [6.07, 6.45) is 0. The van der Waals surface area contributed by atoms with E-state index < -0.39 is 11.9 Å². The maximum atomic E-state index is 13.8. The molecule has 126 valence electrons. The first-order valence-corrected chi connectivity index (χ1v) is 8.43. The molecule has 0 atom stereocenters. The minimum atomic E-state index is -1.16. The van der Waals surface area contributed by atoms with Crippen LogP contribution in [-0.4, -0.2) is 9.97 Å². The lowest BCUT2D eigenvalue weighted by Gasteiger charge is -2.16. The van der Waals surface area contributed by atoms with E-state index in [2.05, 4.69) is 34.2 Å². The zero-order valence-electron chi connectivity index (χ0n) is 14.3. The Balaban J connectivity index is 2.22. The van der Waals surface area contributed by atoms with Crippen LogP contribution in [0.2, 0.25) is 0 Å². The summed E-state index contributed by atoms with van der Waals surface area (Å²) in [6.45, 7) is 3.80. The van der Waals surface area contributed by atoms with E-state index in [1.54, 1.807) is 0 Å². The Kier molecular flexibility index (Phi) is 3.02. The van der Waals surface area contributed by atoms with E-state index in [9.17, 15) is 8.78 Å². The Labute approximate surface area is 148 Å². The molecule has 5 aromatic rings. The van der Waals surface area contributed by atoms with Crippen molar-refractivity contribution < 1.29 is 8.78 Å². The molecule has 4 aromatic carbocycles. The topological polar surface area (TPSA) is 25.8 Å². The van der Waals surface area contributed by atoms with Gasteiger partial charge in [0.05, 0.1) is 11.0 Å². The van der Waals surface area contributed by atoms with Crippen LogP contribution in [0.15, 0.2) is 48.5 Å². The van der Waals surface area contributed by atoms with Crippen molar-refractivity contribution in [2.45, 2.75) is 13.8 Å². The van der Waals surface area contributed by atoms with Crippen LogP contribution < -0.4 is 0 Å². The number of aryl methyl sites for hydroxylation is 2. The van der Waals surface area contributed by atoms with Gasteiger partial charge >= 0.3 is 0 Å². The summed E-state index contributed by atoms with van der Waals surface area (Å²) in [5.41, 5.74) is 2.45. The summed E-state index contributed by atoms with van der Waals surface area (Å²) in [6, 6.07) is 16.3. The summed E-state index contributed by atoms with van der Waals surface area (Å²) in [5.74, 6) is -2.33. The van der Waals surface area contributed by atoms with Crippen molar-refractivity contribution in [3.05, 3.63) is 71.6 Å². The minimum Gasteiger partial charge on any atom is -0.214 e. The number of fused-ring (bicyclic) bond motifs is 7. The average molecular weight is 344 g/mol. The molecule has 0 amide bonds. The summed E-state index contributed by atoms with van der Waals surface area (Å²) >= 11 is 0. The quantitative estimate of drug-likeness (QED) is 0.255. The van der Waals surface area contributed by atoms with E-state index in [-0.39, 0.29) is 0 Å². The van der Waals surface area contributed by atoms with Gasteiger partial charge in [-0.15, -0.1) is 0 Å². The Bertz CT molecular complexity index is 1270. The monoisotopic (exact) mass is 344 g/mol. The van der Waals surface area contributed by atoms with Crippen LogP contribution in [-0.2, 0) is 0 Å². The van der Waals surface area contributed by atoms with Gasteiger partial charge in [0.2, 0.25) is 0 Å². The second-order valence-electron chi connectivity index (χ2n) is 6.59. The van der Waals surface area contributed by atoms with Crippen molar-refractivity contribution in [3.63, 3.8) is 0 Å². The lowest BCUT2D eigenvalue weighted by Crippen LogP contribution is -2.01. The predicted molar refractivity (Wildman–Crippen MR) is 101 cm³/mol. The van der Waals surface area contributed by atoms with Crippen LogP contribution in [0.1, 0.15) is 11.1 Å². The number of halogens is 2. The molecule has 0 N–H and O–H groups in total. The molecule has 0 aliphatic rings. The highest BCUT2D eigenvalue weighted by molar-refractivity contribution is 6.29. The Hall–Kier alpha value is -3.14. The van der Waals surface area contributed by atoms with Gasteiger partial charge < -0.3 is 0 Å². The Morgan fingerprint density at radius 2 is 0.923 bits per heavy atom. The molecule has 0 fully saturated rings. The Morgan fingerprint density at radius 3 is 1.31 bits per heavy atom. The fourth-order valence-corrected chi connectivity index (χ4v) is 4.07. The van der Waals surface area contributed by atoms with E-state index in [0.29, 0.717) is 11.0 Å². The summed E-state index contributed by atoms with van der Waals surface area (Å²) in [7, 11) is 0. The lowest BCUT2D eigenvalue weighted by molar-refractivity contribution is 0.459. The van der Waals surface area contributed by atoms with Gasteiger partial charge in [-0.3, -0.25) is 0 Å². The van der Waals surface area contributed by atoms with E-state index in [1.807, 2.05) is 38.1 Å². The third kappa shape index (κ3) is 1.84. The molecule has 0 aliphatic carbocycles. The molecule has 0 unspecified atom stereocenters. The van der Waals surface area contributed by atoms with Crippen molar-refractivity contribution >= 4 is 43.4 Å². The second-order valence-corrected chi connectivity index (χ2v) is 6.59. The first-order valence-electron chi connectivity index (χ1n) is 8.43. The van der Waals surface area contributed by atoms with Crippen LogP contribution >= 0.6 is 0 Å². The highest BCUT2D eigenvalue weighted by Crippen LogP contribution is 2.41. The van der Waals surface area contributed by atoms with E-state index >= 15 is 0 Å². The normalized spacial score (nSPS) is 11.8.